The van der Waals surface area contributed by atoms with Gasteiger partial charge >= 0.3 is 0 Å². The van der Waals surface area contributed by atoms with Crippen LogP contribution in [0.4, 0.5) is 0 Å². The number of rotatable bonds is 7. The van der Waals surface area contributed by atoms with Crippen molar-refractivity contribution in [1.82, 2.24) is 10.2 Å². The lowest BCUT2D eigenvalue weighted by Crippen LogP contribution is -2.39. The maximum Gasteiger partial charge on any atom is 0.224 e. The Kier molecular flexibility index (Phi) is 7.23. The molecule has 0 spiro atoms. The van der Waals surface area contributed by atoms with Gasteiger partial charge in [-0.3, -0.25) is 9.59 Å². The van der Waals surface area contributed by atoms with Gasteiger partial charge in [-0.05, 0) is 31.0 Å². The van der Waals surface area contributed by atoms with E-state index in [1.165, 1.54) is 6.92 Å². The van der Waals surface area contributed by atoms with E-state index in [0.29, 0.717) is 24.5 Å². The number of carbonyl (C=O) groups is 2. The molecule has 0 aliphatic heterocycles. The second kappa shape index (κ2) is 8.67. The summed E-state index contributed by atoms with van der Waals surface area (Å²) in [6.45, 7) is 6.44. The summed E-state index contributed by atoms with van der Waals surface area (Å²) in [6, 6.07) is 7.68. The molecule has 1 atom stereocenters. The molecule has 0 saturated carbocycles. The van der Waals surface area contributed by atoms with E-state index in [2.05, 4.69) is 12.2 Å². The first-order valence-corrected chi connectivity index (χ1v) is 7.60. The molecule has 0 fully saturated rings. The molecule has 0 aromatic heterocycles. The average molecular weight is 311 g/mol. The summed E-state index contributed by atoms with van der Waals surface area (Å²) in [5.74, 6) is -0.0780. The number of nitrogens with zero attached hydrogens (tertiary/aromatic N) is 1. The third-order valence-electron chi connectivity index (χ3n) is 3.40. The molecule has 0 aliphatic carbocycles. The van der Waals surface area contributed by atoms with Crippen LogP contribution in [0.15, 0.2) is 24.3 Å². The van der Waals surface area contributed by atoms with Gasteiger partial charge in [-0.25, -0.2) is 0 Å². The SMILES string of the molecule is CC[C@@H](C)N(Cc1cccc(Cl)c1)C(=O)CCNC(C)=O. The average Bonchev–Trinajstić information content (AvgIpc) is 2.43. The number of halogens is 1. The van der Waals surface area contributed by atoms with Gasteiger partial charge < -0.3 is 10.2 Å². The van der Waals surface area contributed by atoms with Crippen LogP contribution in [0.3, 0.4) is 0 Å². The van der Waals surface area contributed by atoms with Gasteiger partial charge in [-0.15, -0.1) is 0 Å². The molecular weight excluding hydrogens is 288 g/mol. The summed E-state index contributed by atoms with van der Waals surface area (Å²) in [6.07, 6.45) is 1.19. The summed E-state index contributed by atoms with van der Waals surface area (Å²) >= 11 is 5.99. The quantitative estimate of drug-likeness (QED) is 0.841. The van der Waals surface area contributed by atoms with Crippen LogP contribution in [-0.2, 0) is 16.1 Å². The molecule has 0 bridgehead atoms. The van der Waals surface area contributed by atoms with Crippen molar-refractivity contribution in [2.24, 2.45) is 0 Å². The Morgan fingerprint density at radius 1 is 1.38 bits per heavy atom. The Morgan fingerprint density at radius 3 is 2.67 bits per heavy atom. The topological polar surface area (TPSA) is 49.4 Å². The second-order valence-electron chi connectivity index (χ2n) is 5.14. The summed E-state index contributed by atoms with van der Waals surface area (Å²) in [5.41, 5.74) is 1.01. The number of benzene rings is 1. The van der Waals surface area contributed by atoms with Gasteiger partial charge in [0.1, 0.15) is 0 Å². The first-order valence-electron chi connectivity index (χ1n) is 7.22. The molecule has 1 aromatic rings. The third kappa shape index (κ3) is 6.17. The van der Waals surface area contributed by atoms with E-state index in [-0.39, 0.29) is 17.9 Å². The van der Waals surface area contributed by atoms with Crippen molar-refractivity contribution in [2.45, 2.75) is 46.2 Å². The largest absolute Gasteiger partial charge is 0.356 e. The Morgan fingerprint density at radius 2 is 2.10 bits per heavy atom. The molecule has 0 heterocycles. The van der Waals surface area contributed by atoms with Crippen molar-refractivity contribution in [1.29, 1.82) is 0 Å². The van der Waals surface area contributed by atoms with Crippen molar-refractivity contribution in [3.05, 3.63) is 34.9 Å². The van der Waals surface area contributed by atoms with Crippen LogP contribution in [-0.4, -0.2) is 29.3 Å². The summed E-state index contributed by atoms with van der Waals surface area (Å²) in [5, 5.41) is 3.32. The maximum absolute atomic E-state index is 12.4. The first-order chi connectivity index (χ1) is 9.93. The van der Waals surface area contributed by atoms with Gasteiger partial charge in [0.25, 0.3) is 0 Å². The number of nitrogens with one attached hydrogen (secondary N) is 1. The fraction of sp³-hybridized carbons (Fsp3) is 0.500. The van der Waals surface area contributed by atoms with Crippen molar-refractivity contribution in [3.8, 4) is 0 Å². The molecular formula is C16H23ClN2O2. The number of carbonyl (C=O) groups excluding carboxylic acids is 2. The molecule has 1 rings (SSSR count). The first kappa shape index (κ1) is 17.5. The zero-order valence-electron chi connectivity index (χ0n) is 12.9. The molecule has 2 amide bonds. The molecule has 1 aromatic carbocycles. The summed E-state index contributed by atoms with van der Waals surface area (Å²) < 4.78 is 0. The van der Waals surface area contributed by atoms with Crippen LogP contribution in [0.5, 0.6) is 0 Å². The Bertz CT molecular complexity index is 491. The molecule has 5 heteroatoms. The molecule has 0 aliphatic rings. The predicted molar refractivity (Wildman–Crippen MR) is 85.1 cm³/mol. The Hall–Kier alpha value is -1.55. The monoisotopic (exact) mass is 310 g/mol. The van der Waals surface area contributed by atoms with E-state index >= 15 is 0 Å². The van der Waals surface area contributed by atoms with Gasteiger partial charge in [0.05, 0.1) is 0 Å². The van der Waals surface area contributed by atoms with Gasteiger partial charge in [0.2, 0.25) is 11.8 Å². The lowest BCUT2D eigenvalue weighted by molar-refractivity contribution is -0.134. The van der Waals surface area contributed by atoms with E-state index < -0.39 is 0 Å². The highest BCUT2D eigenvalue weighted by atomic mass is 35.5. The second-order valence-corrected chi connectivity index (χ2v) is 5.58. The van der Waals surface area contributed by atoms with Crippen LogP contribution in [0.2, 0.25) is 5.02 Å². The van der Waals surface area contributed by atoms with E-state index in [0.717, 1.165) is 12.0 Å². The Labute approximate surface area is 131 Å². The van der Waals surface area contributed by atoms with Crippen molar-refractivity contribution in [3.63, 3.8) is 0 Å². The third-order valence-corrected chi connectivity index (χ3v) is 3.63. The zero-order chi connectivity index (χ0) is 15.8. The van der Waals surface area contributed by atoms with Crippen LogP contribution in [0.25, 0.3) is 0 Å². The highest BCUT2D eigenvalue weighted by Crippen LogP contribution is 2.16. The molecule has 21 heavy (non-hydrogen) atoms. The minimum atomic E-state index is -0.118. The van der Waals surface area contributed by atoms with Gasteiger partial charge in [-0.2, -0.15) is 0 Å². The zero-order valence-corrected chi connectivity index (χ0v) is 13.6. The highest BCUT2D eigenvalue weighted by Gasteiger charge is 2.19. The van der Waals surface area contributed by atoms with Gasteiger partial charge in [-0.1, -0.05) is 30.7 Å². The van der Waals surface area contributed by atoms with Crippen LogP contribution in [0, 0.1) is 0 Å². The number of hydrogen-bond donors (Lipinski definition) is 1. The van der Waals surface area contributed by atoms with Gasteiger partial charge in [0, 0.05) is 37.5 Å². The molecule has 1 N–H and O–H groups in total. The van der Waals surface area contributed by atoms with Crippen molar-refractivity contribution >= 4 is 23.4 Å². The summed E-state index contributed by atoms with van der Waals surface area (Å²) in [4.78, 5) is 25.1. The molecule has 4 nitrogen and oxygen atoms in total. The smallest absolute Gasteiger partial charge is 0.224 e. The predicted octanol–water partition coefficient (Wildman–Crippen LogP) is 2.99. The maximum atomic E-state index is 12.4. The normalized spacial score (nSPS) is 11.8. The number of hydrogen-bond acceptors (Lipinski definition) is 2. The molecule has 0 radical (unpaired) electrons. The van der Waals surface area contributed by atoms with Crippen LogP contribution in [0.1, 0.15) is 39.2 Å². The van der Waals surface area contributed by atoms with E-state index in [4.69, 9.17) is 11.6 Å². The fourth-order valence-electron chi connectivity index (χ4n) is 2.03. The van der Waals surface area contributed by atoms with Crippen molar-refractivity contribution in [2.75, 3.05) is 6.54 Å². The molecule has 0 unspecified atom stereocenters. The minimum Gasteiger partial charge on any atom is -0.356 e. The Balaban J connectivity index is 2.71. The van der Waals surface area contributed by atoms with Crippen molar-refractivity contribution < 1.29 is 9.59 Å². The van der Waals surface area contributed by atoms with Gasteiger partial charge in [0.15, 0.2) is 0 Å². The van der Waals surface area contributed by atoms with E-state index in [1.54, 1.807) is 0 Å². The molecule has 116 valence electrons. The van der Waals surface area contributed by atoms with Crippen LogP contribution >= 0.6 is 11.6 Å². The van der Waals surface area contributed by atoms with E-state index in [1.807, 2.05) is 36.1 Å². The standard InChI is InChI=1S/C16H23ClN2O2/c1-4-12(2)19(16(21)8-9-18-13(3)20)11-14-6-5-7-15(17)10-14/h5-7,10,12H,4,8-9,11H2,1-3H3,(H,18,20)/t12-/m1/s1. The summed E-state index contributed by atoms with van der Waals surface area (Å²) in [7, 11) is 0. The lowest BCUT2D eigenvalue weighted by Gasteiger charge is -2.29. The minimum absolute atomic E-state index is 0.0399. The van der Waals surface area contributed by atoms with Crippen LogP contribution < -0.4 is 5.32 Å². The molecule has 0 saturated heterocycles. The highest BCUT2D eigenvalue weighted by molar-refractivity contribution is 6.30. The number of amides is 2. The lowest BCUT2D eigenvalue weighted by atomic mass is 10.1. The van der Waals surface area contributed by atoms with E-state index in [9.17, 15) is 9.59 Å². The fourth-order valence-corrected chi connectivity index (χ4v) is 2.24.